The fourth-order valence-corrected chi connectivity index (χ4v) is 4.62. The highest BCUT2D eigenvalue weighted by atomic mass is 79.9. The first-order valence-corrected chi connectivity index (χ1v) is 8.88. The average Bonchev–Trinajstić information content (AvgIpc) is 2.31. The molecule has 9 heteroatoms. The highest BCUT2D eigenvalue weighted by Gasteiger charge is 2.21. The molecule has 0 radical (unpaired) electrons. The molecule has 0 spiro atoms. The topological polar surface area (TPSA) is 102 Å². The van der Waals surface area contributed by atoms with Gasteiger partial charge < -0.3 is 15.6 Å². The van der Waals surface area contributed by atoms with Crippen molar-refractivity contribution in [2.45, 2.75) is 11.3 Å². The molecule has 0 aliphatic heterocycles. The van der Waals surface area contributed by atoms with Gasteiger partial charge in [-0.2, -0.15) is 0 Å². The van der Waals surface area contributed by atoms with Gasteiger partial charge in [-0.1, -0.05) is 15.9 Å². The SMILES string of the molecule is Nc1cc(Br)cc(Br)c1S(=O)(=O)NCCCOCCO. The third-order valence-corrected chi connectivity index (χ3v) is 5.22. The van der Waals surface area contributed by atoms with Gasteiger partial charge in [-0.25, -0.2) is 13.1 Å². The molecule has 1 rings (SSSR count). The van der Waals surface area contributed by atoms with E-state index >= 15 is 0 Å². The minimum atomic E-state index is -3.68. The van der Waals surface area contributed by atoms with E-state index in [9.17, 15) is 8.42 Å². The monoisotopic (exact) mass is 430 g/mol. The molecule has 0 fully saturated rings. The summed E-state index contributed by atoms with van der Waals surface area (Å²) in [6.45, 7) is 0.807. The maximum absolute atomic E-state index is 12.2. The van der Waals surface area contributed by atoms with E-state index in [2.05, 4.69) is 36.6 Å². The minimum absolute atomic E-state index is 0.0250. The molecule has 20 heavy (non-hydrogen) atoms. The van der Waals surface area contributed by atoms with Crippen molar-refractivity contribution in [2.24, 2.45) is 0 Å². The zero-order chi connectivity index (χ0) is 15.2. The zero-order valence-electron chi connectivity index (χ0n) is 10.6. The number of benzene rings is 1. The predicted molar refractivity (Wildman–Crippen MR) is 84.0 cm³/mol. The highest BCUT2D eigenvalue weighted by Crippen LogP contribution is 2.31. The summed E-state index contributed by atoms with van der Waals surface area (Å²) in [5.74, 6) is 0. The highest BCUT2D eigenvalue weighted by molar-refractivity contribution is 9.11. The van der Waals surface area contributed by atoms with Gasteiger partial charge in [0.1, 0.15) is 4.90 Å². The van der Waals surface area contributed by atoms with E-state index in [0.29, 0.717) is 22.0 Å². The summed E-state index contributed by atoms with van der Waals surface area (Å²) in [7, 11) is -3.68. The van der Waals surface area contributed by atoms with E-state index in [0.717, 1.165) is 0 Å². The molecule has 1 aromatic carbocycles. The van der Waals surface area contributed by atoms with Crippen LogP contribution in [-0.4, -0.2) is 39.9 Å². The Morgan fingerprint density at radius 3 is 2.60 bits per heavy atom. The lowest BCUT2D eigenvalue weighted by Crippen LogP contribution is -2.26. The number of nitrogens with two attached hydrogens (primary N) is 1. The molecule has 0 aliphatic carbocycles. The quantitative estimate of drug-likeness (QED) is 0.427. The normalized spacial score (nSPS) is 11.8. The van der Waals surface area contributed by atoms with Gasteiger partial charge in [0.05, 0.1) is 18.9 Å². The fraction of sp³-hybridized carbons (Fsp3) is 0.455. The predicted octanol–water partition coefficient (Wildman–Crippen LogP) is 1.47. The number of nitrogens with one attached hydrogen (secondary N) is 1. The van der Waals surface area contributed by atoms with Crippen LogP contribution in [0.2, 0.25) is 0 Å². The third-order valence-electron chi connectivity index (χ3n) is 2.30. The van der Waals surface area contributed by atoms with E-state index in [1.54, 1.807) is 6.07 Å². The molecular weight excluding hydrogens is 416 g/mol. The third kappa shape index (κ3) is 5.30. The second-order valence-electron chi connectivity index (χ2n) is 3.89. The lowest BCUT2D eigenvalue weighted by molar-refractivity contribution is 0.0913. The Hall–Kier alpha value is -0.190. The second-order valence-corrected chi connectivity index (χ2v) is 7.37. The minimum Gasteiger partial charge on any atom is -0.398 e. The molecule has 0 heterocycles. The molecule has 0 saturated heterocycles. The van der Waals surface area contributed by atoms with Crippen LogP contribution in [-0.2, 0) is 14.8 Å². The first-order valence-electron chi connectivity index (χ1n) is 5.81. The Morgan fingerprint density at radius 1 is 1.30 bits per heavy atom. The van der Waals surface area contributed by atoms with Crippen molar-refractivity contribution in [3.8, 4) is 0 Å². The van der Waals surface area contributed by atoms with Gasteiger partial charge >= 0.3 is 0 Å². The molecule has 0 unspecified atom stereocenters. The summed E-state index contributed by atoms with van der Waals surface area (Å²) < 4.78 is 32.9. The van der Waals surface area contributed by atoms with Crippen molar-refractivity contribution in [3.05, 3.63) is 21.1 Å². The maximum atomic E-state index is 12.2. The van der Waals surface area contributed by atoms with E-state index in [1.807, 2.05) is 0 Å². The molecule has 1 aromatic rings. The number of ether oxygens (including phenoxy) is 1. The van der Waals surface area contributed by atoms with Gasteiger partial charge in [0.2, 0.25) is 10.0 Å². The fourth-order valence-electron chi connectivity index (χ4n) is 1.48. The van der Waals surface area contributed by atoms with Crippen LogP contribution in [0.5, 0.6) is 0 Å². The summed E-state index contributed by atoms with van der Waals surface area (Å²) in [4.78, 5) is 0.0250. The average molecular weight is 432 g/mol. The number of aliphatic hydroxyl groups excluding tert-OH is 1. The van der Waals surface area contributed by atoms with Crippen LogP contribution in [0.1, 0.15) is 6.42 Å². The summed E-state index contributed by atoms with van der Waals surface area (Å²) in [6, 6.07) is 3.15. The van der Waals surface area contributed by atoms with E-state index in [-0.39, 0.29) is 30.3 Å². The van der Waals surface area contributed by atoms with Crippen LogP contribution in [0.4, 0.5) is 5.69 Å². The Kier molecular flexibility index (Phi) is 7.41. The maximum Gasteiger partial charge on any atom is 0.243 e. The van der Waals surface area contributed by atoms with Gasteiger partial charge in [-0.15, -0.1) is 0 Å². The number of nitrogen functional groups attached to an aromatic ring is 1. The lowest BCUT2D eigenvalue weighted by atomic mass is 10.3. The van der Waals surface area contributed by atoms with Gasteiger partial charge in [-0.05, 0) is 34.5 Å². The summed E-state index contributed by atoms with van der Waals surface area (Å²) in [5.41, 5.74) is 5.91. The number of rotatable bonds is 8. The van der Waals surface area contributed by atoms with Crippen LogP contribution in [0.3, 0.4) is 0 Å². The van der Waals surface area contributed by atoms with E-state index < -0.39 is 10.0 Å². The van der Waals surface area contributed by atoms with Gasteiger partial charge in [0, 0.05) is 22.1 Å². The number of anilines is 1. The first kappa shape index (κ1) is 17.9. The first-order chi connectivity index (χ1) is 9.38. The number of sulfonamides is 1. The molecule has 0 aromatic heterocycles. The van der Waals surface area contributed by atoms with Crippen molar-refractivity contribution in [2.75, 3.05) is 32.1 Å². The molecule has 0 bridgehead atoms. The number of aliphatic hydroxyl groups is 1. The van der Waals surface area contributed by atoms with Crippen LogP contribution < -0.4 is 10.5 Å². The largest absolute Gasteiger partial charge is 0.398 e. The van der Waals surface area contributed by atoms with Gasteiger partial charge in [0.15, 0.2) is 0 Å². The van der Waals surface area contributed by atoms with Gasteiger partial charge in [-0.3, -0.25) is 0 Å². The molecule has 114 valence electrons. The Morgan fingerprint density at radius 2 is 2.00 bits per heavy atom. The Labute approximate surface area is 135 Å². The van der Waals surface area contributed by atoms with Crippen LogP contribution >= 0.6 is 31.9 Å². The van der Waals surface area contributed by atoms with Crippen molar-refractivity contribution >= 4 is 47.6 Å². The smallest absolute Gasteiger partial charge is 0.243 e. The standard InChI is InChI=1S/C11H16Br2N2O4S/c12-8-6-9(13)11(10(14)7-8)20(17,18)15-2-1-4-19-5-3-16/h6-7,15-16H,1-5,14H2. The molecule has 6 nitrogen and oxygen atoms in total. The zero-order valence-corrected chi connectivity index (χ0v) is 14.6. The summed E-state index contributed by atoms with van der Waals surface area (Å²) in [6.07, 6.45) is 0.507. The molecule has 0 aliphatic rings. The van der Waals surface area contributed by atoms with Crippen molar-refractivity contribution in [1.29, 1.82) is 0 Å². The second kappa shape index (κ2) is 8.30. The van der Waals surface area contributed by atoms with Crippen LogP contribution in [0, 0.1) is 0 Å². The summed E-state index contributed by atoms with van der Waals surface area (Å²) in [5, 5.41) is 8.52. The van der Waals surface area contributed by atoms with Crippen molar-refractivity contribution in [1.82, 2.24) is 4.72 Å². The number of halogens is 2. The van der Waals surface area contributed by atoms with E-state index in [1.165, 1.54) is 6.07 Å². The van der Waals surface area contributed by atoms with Crippen LogP contribution in [0.25, 0.3) is 0 Å². The molecule has 0 amide bonds. The van der Waals surface area contributed by atoms with Crippen molar-refractivity contribution in [3.63, 3.8) is 0 Å². The lowest BCUT2D eigenvalue weighted by Gasteiger charge is -2.11. The molecule has 0 saturated carbocycles. The molecule has 0 atom stereocenters. The Bertz CT molecular complexity index is 528. The van der Waals surface area contributed by atoms with Crippen molar-refractivity contribution < 1.29 is 18.3 Å². The summed E-state index contributed by atoms with van der Waals surface area (Å²) >= 11 is 6.43. The number of hydrogen-bond acceptors (Lipinski definition) is 5. The van der Waals surface area contributed by atoms with Crippen LogP contribution in [0.15, 0.2) is 26.0 Å². The number of hydrogen-bond donors (Lipinski definition) is 3. The Balaban J connectivity index is 2.66. The van der Waals surface area contributed by atoms with Gasteiger partial charge in [0.25, 0.3) is 0 Å². The molecule has 4 N–H and O–H groups in total. The van der Waals surface area contributed by atoms with E-state index in [4.69, 9.17) is 15.6 Å². The molecular formula is C11H16Br2N2O4S.